The van der Waals surface area contributed by atoms with Gasteiger partial charge in [0.2, 0.25) is 0 Å². The summed E-state index contributed by atoms with van der Waals surface area (Å²) in [5.74, 6) is 0. The van der Waals surface area contributed by atoms with Crippen LogP contribution >= 0.6 is 0 Å². The lowest BCUT2D eigenvalue weighted by Gasteiger charge is -1.95. The first-order valence-electron chi connectivity index (χ1n) is 8.28. The maximum atomic E-state index is 10.5. The van der Waals surface area contributed by atoms with Gasteiger partial charge in [0.25, 0.3) is 20.2 Å². The number of anilines is 1. The Morgan fingerprint density at radius 2 is 0.897 bits per heavy atom. The summed E-state index contributed by atoms with van der Waals surface area (Å²) in [7, 11) is -8.04. The smallest absolute Gasteiger partial charge is 0.294 e. The minimum absolute atomic E-state index is 0.0666. The third kappa shape index (κ3) is 9.86. The number of rotatable bonds is 2. The third-order valence-corrected chi connectivity index (χ3v) is 5.17. The molecule has 0 saturated heterocycles. The number of para-hydroxylation sites is 1. The van der Waals surface area contributed by atoms with Gasteiger partial charge in [-0.05, 0) is 50.2 Å². The van der Waals surface area contributed by atoms with E-state index in [0.717, 1.165) is 16.8 Å². The van der Waals surface area contributed by atoms with Crippen LogP contribution in [0.2, 0.25) is 0 Å². The Hall–Kier alpha value is -2.72. The van der Waals surface area contributed by atoms with E-state index in [-0.39, 0.29) is 9.79 Å². The highest BCUT2D eigenvalue weighted by atomic mass is 32.2. The second kappa shape index (κ2) is 10.7. The first-order valence-corrected chi connectivity index (χ1v) is 11.2. The molecule has 0 aliphatic heterocycles. The Kier molecular flexibility index (Phi) is 8.99. The zero-order valence-corrected chi connectivity index (χ0v) is 17.6. The molecule has 0 radical (unpaired) electrons. The molecule has 0 bridgehead atoms. The van der Waals surface area contributed by atoms with Crippen LogP contribution in [0.25, 0.3) is 0 Å². The largest absolute Gasteiger partial charge is 0.399 e. The molecule has 156 valence electrons. The van der Waals surface area contributed by atoms with E-state index in [4.69, 9.17) is 14.8 Å². The summed E-state index contributed by atoms with van der Waals surface area (Å²) in [5.41, 5.74) is 8.09. The zero-order valence-electron chi connectivity index (χ0n) is 15.9. The number of benzene rings is 3. The molecule has 0 aliphatic rings. The monoisotopic (exact) mass is 437 g/mol. The highest BCUT2D eigenvalue weighted by molar-refractivity contribution is 7.86. The molecule has 29 heavy (non-hydrogen) atoms. The molecular formula is C20H23NO6S2. The van der Waals surface area contributed by atoms with Gasteiger partial charge in [-0.2, -0.15) is 16.8 Å². The van der Waals surface area contributed by atoms with E-state index < -0.39 is 20.2 Å². The molecule has 4 N–H and O–H groups in total. The van der Waals surface area contributed by atoms with Crippen molar-refractivity contribution in [2.45, 2.75) is 23.6 Å². The molecule has 0 fully saturated rings. The Balaban J connectivity index is 0.000000223. The van der Waals surface area contributed by atoms with Gasteiger partial charge < -0.3 is 5.73 Å². The normalized spacial score (nSPS) is 10.8. The van der Waals surface area contributed by atoms with E-state index >= 15 is 0 Å². The summed E-state index contributed by atoms with van der Waals surface area (Å²) in [6, 6.07) is 21.5. The molecule has 3 aromatic rings. The maximum absolute atomic E-state index is 10.5. The molecule has 0 heterocycles. The van der Waals surface area contributed by atoms with Crippen molar-refractivity contribution >= 4 is 25.9 Å². The number of hydrogen-bond donors (Lipinski definition) is 3. The fourth-order valence-corrected chi connectivity index (χ4v) is 2.83. The van der Waals surface area contributed by atoms with Crippen LogP contribution < -0.4 is 5.73 Å². The topological polar surface area (TPSA) is 135 Å². The SMILES string of the molecule is Cc1ccc(S(=O)(=O)O)cc1.Cc1ccc(S(=O)(=O)O)cc1.Nc1ccccc1. The highest BCUT2D eigenvalue weighted by Gasteiger charge is 2.07. The molecule has 0 amide bonds. The Morgan fingerprint density at radius 1 is 0.586 bits per heavy atom. The lowest BCUT2D eigenvalue weighted by molar-refractivity contribution is 0.481. The van der Waals surface area contributed by atoms with Crippen molar-refractivity contribution in [2.24, 2.45) is 0 Å². The van der Waals surface area contributed by atoms with Crippen molar-refractivity contribution < 1.29 is 25.9 Å². The number of hydrogen-bond acceptors (Lipinski definition) is 5. The van der Waals surface area contributed by atoms with E-state index in [9.17, 15) is 16.8 Å². The van der Waals surface area contributed by atoms with Gasteiger partial charge in [-0.15, -0.1) is 0 Å². The summed E-state index contributed by atoms with van der Waals surface area (Å²) >= 11 is 0. The van der Waals surface area contributed by atoms with Gasteiger partial charge in [0.15, 0.2) is 0 Å². The minimum Gasteiger partial charge on any atom is -0.399 e. The zero-order chi connectivity index (χ0) is 22.1. The average molecular weight is 438 g/mol. The Morgan fingerprint density at radius 3 is 1.10 bits per heavy atom. The maximum Gasteiger partial charge on any atom is 0.294 e. The van der Waals surface area contributed by atoms with E-state index in [2.05, 4.69) is 0 Å². The van der Waals surface area contributed by atoms with E-state index in [1.807, 2.05) is 44.2 Å². The van der Waals surface area contributed by atoms with Crippen molar-refractivity contribution in [1.82, 2.24) is 0 Å². The van der Waals surface area contributed by atoms with Crippen LogP contribution in [-0.2, 0) is 20.2 Å². The third-order valence-electron chi connectivity index (χ3n) is 3.44. The van der Waals surface area contributed by atoms with Crippen LogP contribution in [0.1, 0.15) is 11.1 Å². The van der Waals surface area contributed by atoms with Gasteiger partial charge >= 0.3 is 0 Å². The highest BCUT2D eigenvalue weighted by Crippen LogP contribution is 2.09. The van der Waals surface area contributed by atoms with Crippen LogP contribution in [0.15, 0.2) is 88.7 Å². The molecule has 7 nitrogen and oxygen atoms in total. The fourth-order valence-electron chi connectivity index (χ4n) is 1.87. The number of aryl methyl sites for hydroxylation is 2. The van der Waals surface area contributed by atoms with E-state index in [1.54, 1.807) is 24.3 Å². The second-order valence-electron chi connectivity index (χ2n) is 5.99. The van der Waals surface area contributed by atoms with Crippen LogP contribution in [0.5, 0.6) is 0 Å². The Bertz CT molecular complexity index is 1020. The summed E-state index contributed by atoms with van der Waals surface area (Å²) in [6.07, 6.45) is 0. The molecule has 0 spiro atoms. The fraction of sp³-hybridized carbons (Fsp3) is 0.100. The Labute approximate surface area is 171 Å². The molecule has 0 unspecified atom stereocenters. The predicted molar refractivity (Wildman–Crippen MR) is 113 cm³/mol. The molecule has 0 saturated carbocycles. The van der Waals surface area contributed by atoms with Crippen LogP contribution in [0.4, 0.5) is 5.69 Å². The van der Waals surface area contributed by atoms with Gasteiger partial charge in [-0.3, -0.25) is 9.11 Å². The first-order chi connectivity index (χ1) is 13.4. The minimum atomic E-state index is -4.02. The summed E-state index contributed by atoms with van der Waals surface area (Å²) in [4.78, 5) is -0.133. The van der Waals surface area contributed by atoms with E-state index in [0.29, 0.717) is 0 Å². The summed E-state index contributed by atoms with van der Waals surface area (Å²) < 4.78 is 59.1. The lowest BCUT2D eigenvalue weighted by atomic mass is 10.2. The quantitative estimate of drug-likeness (QED) is 0.410. The summed E-state index contributed by atoms with van der Waals surface area (Å²) in [6.45, 7) is 3.68. The van der Waals surface area contributed by atoms with Crippen LogP contribution in [0.3, 0.4) is 0 Å². The first kappa shape index (κ1) is 24.3. The molecule has 0 aliphatic carbocycles. The standard InChI is InChI=1S/2C7H8O3S.C6H7N/c2*1-6-2-4-7(5-3-6)11(8,9)10;7-6-4-2-1-3-5-6/h2*2-5H,1H3,(H,8,9,10);1-5H,7H2. The van der Waals surface area contributed by atoms with Crippen molar-refractivity contribution in [3.05, 3.63) is 90.0 Å². The van der Waals surface area contributed by atoms with Crippen LogP contribution in [0, 0.1) is 13.8 Å². The van der Waals surface area contributed by atoms with Gasteiger partial charge in [-0.1, -0.05) is 53.6 Å². The number of nitrogens with two attached hydrogens (primary N) is 1. The van der Waals surface area contributed by atoms with Gasteiger partial charge in [0.05, 0.1) is 9.79 Å². The molecule has 0 atom stereocenters. The molecule has 9 heteroatoms. The van der Waals surface area contributed by atoms with E-state index in [1.165, 1.54) is 24.3 Å². The average Bonchev–Trinajstić information content (AvgIpc) is 2.63. The van der Waals surface area contributed by atoms with Gasteiger partial charge in [0, 0.05) is 5.69 Å². The van der Waals surface area contributed by atoms with Crippen molar-refractivity contribution in [3.8, 4) is 0 Å². The van der Waals surface area contributed by atoms with Crippen molar-refractivity contribution in [3.63, 3.8) is 0 Å². The predicted octanol–water partition coefficient (Wildman–Crippen LogP) is 3.75. The van der Waals surface area contributed by atoms with Crippen LogP contribution in [-0.4, -0.2) is 25.9 Å². The second-order valence-corrected chi connectivity index (χ2v) is 8.83. The van der Waals surface area contributed by atoms with Crippen molar-refractivity contribution in [1.29, 1.82) is 0 Å². The molecule has 0 aromatic heterocycles. The van der Waals surface area contributed by atoms with Gasteiger partial charge in [-0.25, -0.2) is 0 Å². The molecular weight excluding hydrogens is 414 g/mol. The number of nitrogen functional groups attached to an aromatic ring is 1. The van der Waals surface area contributed by atoms with Crippen molar-refractivity contribution in [2.75, 3.05) is 5.73 Å². The lowest BCUT2D eigenvalue weighted by Crippen LogP contribution is -1.96. The molecule has 3 aromatic carbocycles. The molecule has 3 rings (SSSR count). The van der Waals surface area contributed by atoms with Gasteiger partial charge in [0.1, 0.15) is 0 Å². The summed E-state index contributed by atoms with van der Waals surface area (Å²) in [5, 5.41) is 0.